The van der Waals surface area contributed by atoms with Gasteiger partial charge in [0.05, 0.1) is 10.7 Å². The molecule has 2 heterocycles. The number of amides is 3. The van der Waals surface area contributed by atoms with E-state index in [-0.39, 0.29) is 25.2 Å². The monoisotopic (exact) mass is 451 g/mol. The molecule has 0 aromatic heterocycles. The van der Waals surface area contributed by atoms with E-state index in [0.717, 1.165) is 42.7 Å². The van der Waals surface area contributed by atoms with Crippen LogP contribution in [0.2, 0.25) is 5.02 Å². The van der Waals surface area contributed by atoms with Crippen molar-refractivity contribution in [3.63, 3.8) is 0 Å². The number of imide groups is 1. The topological polar surface area (TPSA) is 88.2 Å². The third kappa shape index (κ3) is 5.19. The normalized spacial score (nSPS) is 20.2. The fourth-order valence-corrected chi connectivity index (χ4v) is 4.83. The minimum atomic E-state index is -0.676. The molecule has 9 heteroatoms. The van der Waals surface area contributed by atoms with Crippen LogP contribution in [0.1, 0.15) is 36.8 Å². The van der Waals surface area contributed by atoms with Crippen LogP contribution in [0.3, 0.4) is 0 Å². The number of anilines is 1. The van der Waals surface area contributed by atoms with Crippen LogP contribution in [0.4, 0.5) is 5.69 Å². The number of nitrogens with zero attached hydrogens (tertiary/aromatic N) is 2. The first-order chi connectivity index (χ1) is 14.9. The predicted octanol–water partition coefficient (Wildman–Crippen LogP) is 2.25. The summed E-state index contributed by atoms with van der Waals surface area (Å²) < 4.78 is 10.8. The Morgan fingerprint density at radius 2 is 1.90 bits per heavy atom. The molecule has 0 bridgehead atoms. The summed E-state index contributed by atoms with van der Waals surface area (Å²) in [4.78, 5) is 39.1. The van der Waals surface area contributed by atoms with Crippen molar-refractivity contribution in [3.05, 3.63) is 28.3 Å². The predicted molar refractivity (Wildman–Crippen MR) is 117 cm³/mol. The number of aryl methyl sites for hydroxylation is 1. The summed E-state index contributed by atoms with van der Waals surface area (Å²) in [6.07, 6.45) is 2.81. The molecule has 2 fully saturated rings. The van der Waals surface area contributed by atoms with E-state index < -0.39 is 11.9 Å². The Bertz CT molecular complexity index is 822. The first-order valence-electron chi connectivity index (χ1n) is 10.5. The average molecular weight is 452 g/mol. The van der Waals surface area contributed by atoms with Crippen LogP contribution < -0.4 is 10.2 Å². The second kappa shape index (κ2) is 10.4. The lowest BCUT2D eigenvalue weighted by Crippen LogP contribution is -2.51. The molecule has 8 nitrogen and oxygen atoms in total. The molecule has 170 valence electrons. The summed E-state index contributed by atoms with van der Waals surface area (Å²) in [5.74, 6) is -0.426. The molecule has 2 saturated heterocycles. The number of carbonyl (C=O) groups excluding carboxylic acids is 3. The highest BCUT2D eigenvalue weighted by molar-refractivity contribution is 6.34. The molecule has 0 saturated carbocycles. The summed E-state index contributed by atoms with van der Waals surface area (Å²) >= 11 is 6.81. The second-order valence-corrected chi connectivity index (χ2v) is 8.48. The standard InChI is InChI=1S/C22H30ClN3O5/c1-14-4-5-17(25-10-8-15(9-11-25)22(30-2)31-3)20(23)16(14)12-26(13-27)18-6-7-19(28)24-21(18)29/h4-5,13,15,18,22H,6-12H2,1-3H3,(H,24,28,29). The van der Waals surface area contributed by atoms with Crippen molar-refractivity contribution in [1.82, 2.24) is 10.2 Å². The van der Waals surface area contributed by atoms with E-state index in [1.165, 1.54) is 4.90 Å². The minimum Gasteiger partial charge on any atom is -0.370 e. The lowest BCUT2D eigenvalue weighted by molar-refractivity contribution is -0.141. The molecule has 1 N–H and O–H groups in total. The third-order valence-corrected chi connectivity index (χ3v) is 6.70. The van der Waals surface area contributed by atoms with Crippen LogP contribution in [0.5, 0.6) is 0 Å². The Balaban J connectivity index is 1.76. The van der Waals surface area contributed by atoms with Crippen LogP contribution in [0.15, 0.2) is 12.1 Å². The Hall–Kier alpha value is -2.16. The molecule has 0 aliphatic carbocycles. The zero-order valence-electron chi connectivity index (χ0n) is 18.2. The molecule has 1 aromatic carbocycles. The van der Waals surface area contributed by atoms with E-state index >= 15 is 0 Å². The molecule has 2 aliphatic heterocycles. The van der Waals surface area contributed by atoms with Crippen molar-refractivity contribution >= 4 is 35.5 Å². The van der Waals surface area contributed by atoms with Crippen molar-refractivity contribution in [2.75, 3.05) is 32.2 Å². The van der Waals surface area contributed by atoms with Gasteiger partial charge in [0.25, 0.3) is 0 Å². The van der Waals surface area contributed by atoms with Gasteiger partial charge >= 0.3 is 0 Å². The Kier molecular flexibility index (Phi) is 7.91. The van der Waals surface area contributed by atoms with E-state index in [9.17, 15) is 14.4 Å². The van der Waals surface area contributed by atoms with Gasteiger partial charge in [-0.3, -0.25) is 19.7 Å². The lowest BCUT2D eigenvalue weighted by atomic mass is 9.95. The molecular formula is C22H30ClN3O5. The highest BCUT2D eigenvalue weighted by Crippen LogP contribution is 2.35. The number of halogens is 1. The molecule has 0 spiro atoms. The number of benzene rings is 1. The second-order valence-electron chi connectivity index (χ2n) is 8.10. The summed E-state index contributed by atoms with van der Waals surface area (Å²) in [5, 5.41) is 2.90. The van der Waals surface area contributed by atoms with E-state index in [2.05, 4.69) is 10.2 Å². The number of hydrogen-bond donors (Lipinski definition) is 1. The van der Waals surface area contributed by atoms with Crippen LogP contribution in [0.25, 0.3) is 0 Å². The number of hydrogen-bond acceptors (Lipinski definition) is 6. The Labute approximate surface area is 187 Å². The minimum absolute atomic E-state index is 0.208. The van der Waals surface area contributed by atoms with Crippen molar-refractivity contribution in [2.24, 2.45) is 5.92 Å². The maximum Gasteiger partial charge on any atom is 0.249 e. The number of methoxy groups -OCH3 is 2. The molecule has 3 rings (SSSR count). The first-order valence-corrected chi connectivity index (χ1v) is 10.9. The Morgan fingerprint density at radius 3 is 2.48 bits per heavy atom. The van der Waals surface area contributed by atoms with Gasteiger partial charge in [0.2, 0.25) is 18.2 Å². The maximum absolute atomic E-state index is 12.2. The van der Waals surface area contributed by atoms with Crippen LogP contribution in [0, 0.1) is 12.8 Å². The van der Waals surface area contributed by atoms with Gasteiger partial charge in [-0.25, -0.2) is 0 Å². The van der Waals surface area contributed by atoms with Gasteiger partial charge < -0.3 is 19.3 Å². The average Bonchev–Trinajstić information content (AvgIpc) is 2.76. The zero-order chi connectivity index (χ0) is 22.5. The quantitative estimate of drug-likeness (QED) is 0.370. The van der Waals surface area contributed by atoms with Crippen molar-refractivity contribution in [2.45, 2.75) is 51.5 Å². The van der Waals surface area contributed by atoms with E-state index in [1.807, 2.05) is 19.1 Å². The van der Waals surface area contributed by atoms with Gasteiger partial charge in [0.15, 0.2) is 6.29 Å². The summed E-state index contributed by atoms with van der Waals surface area (Å²) in [6.45, 7) is 3.79. The highest BCUT2D eigenvalue weighted by Gasteiger charge is 2.32. The van der Waals surface area contributed by atoms with Gasteiger partial charge in [-0.2, -0.15) is 0 Å². The summed E-state index contributed by atoms with van der Waals surface area (Å²) in [7, 11) is 3.32. The van der Waals surface area contributed by atoms with E-state index in [4.69, 9.17) is 21.1 Å². The van der Waals surface area contributed by atoms with E-state index in [0.29, 0.717) is 23.8 Å². The summed E-state index contributed by atoms with van der Waals surface area (Å²) in [5.41, 5.74) is 2.67. The summed E-state index contributed by atoms with van der Waals surface area (Å²) in [6, 6.07) is 3.32. The van der Waals surface area contributed by atoms with Crippen molar-refractivity contribution < 1.29 is 23.9 Å². The smallest absolute Gasteiger partial charge is 0.249 e. The fraction of sp³-hybridized carbons (Fsp3) is 0.591. The molecule has 31 heavy (non-hydrogen) atoms. The zero-order valence-corrected chi connectivity index (χ0v) is 19.0. The molecule has 3 amide bonds. The molecular weight excluding hydrogens is 422 g/mol. The maximum atomic E-state index is 12.2. The van der Waals surface area contributed by atoms with Crippen molar-refractivity contribution in [3.8, 4) is 0 Å². The third-order valence-electron chi connectivity index (χ3n) is 6.27. The first kappa shape index (κ1) is 23.5. The highest BCUT2D eigenvalue weighted by atomic mass is 35.5. The number of piperidine rings is 2. The largest absolute Gasteiger partial charge is 0.370 e. The molecule has 1 atom stereocenters. The van der Waals surface area contributed by atoms with Gasteiger partial charge in [0.1, 0.15) is 6.04 Å². The van der Waals surface area contributed by atoms with Gasteiger partial charge in [-0.05, 0) is 43.4 Å². The SMILES string of the molecule is COC(OC)C1CCN(c2ccc(C)c(CN(C=O)C3CCC(=O)NC3=O)c2Cl)CC1. The van der Waals surface area contributed by atoms with Crippen molar-refractivity contribution in [1.29, 1.82) is 0 Å². The van der Waals surface area contributed by atoms with Crippen LogP contribution in [-0.2, 0) is 30.4 Å². The number of rotatable bonds is 8. The van der Waals surface area contributed by atoms with Gasteiger partial charge in [-0.1, -0.05) is 17.7 Å². The number of carbonyl (C=O) groups is 3. The molecule has 0 radical (unpaired) electrons. The fourth-order valence-electron chi connectivity index (χ4n) is 4.44. The van der Waals surface area contributed by atoms with Crippen LogP contribution in [-0.4, -0.2) is 62.8 Å². The lowest BCUT2D eigenvalue weighted by Gasteiger charge is -2.37. The molecule has 2 aliphatic rings. The number of ether oxygens (including phenoxy) is 2. The van der Waals surface area contributed by atoms with Gasteiger partial charge in [0, 0.05) is 46.2 Å². The molecule has 1 unspecified atom stereocenters. The Morgan fingerprint density at radius 1 is 1.23 bits per heavy atom. The van der Waals surface area contributed by atoms with E-state index in [1.54, 1.807) is 14.2 Å². The van der Waals surface area contributed by atoms with Gasteiger partial charge in [-0.15, -0.1) is 0 Å². The van der Waals surface area contributed by atoms with Crippen LogP contribution >= 0.6 is 11.6 Å². The number of nitrogens with one attached hydrogen (secondary N) is 1. The molecule has 1 aromatic rings.